The molecule has 0 spiro atoms. The van der Waals surface area contributed by atoms with Crippen molar-refractivity contribution >= 4 is 61.4 Å². The molecule has 0 radical (unpaired) electrons. The molecule has 0 fully saturated rings. The molecule has 2 aromatic rings. The van der Waals surface area contributed by atoms with Crippen LogP contribution in [-0.2, 0) is 31.5 Å². The first-order chi connectivity index (χ1) is 13.4. The fourth-order valence-corrected chi connectivity index (χ4v) is 3.98. The third-order valence-corrected chi connectivity index (χ3v) is 5.54. The minimum Gasteiger partial charge on any atom is -0.369 e. The second-order valence-electron chi connectivity index (χ2n) is 5.72. The minimum atomic E-state index is -4.65. The Morgan fingerprint density at radius 2 is 1.52 bits per heavy atom. The van der Waals surface area contributed by atoms with Crippen LogP contribution in [0.5, 0.6) is 0 Å². The van der Waals surface area contributed by atoms with Crippen molar-refractivity contribution in [3.05, 3.63) is 53.1 Å². The lowest BCUT2D eigenvalue weighted by Crippen LogP contribution is -2.14. The highest BCUT2D eigenvalue weighted by molar-refractivity contribution is 7.86. The molecule has 0 aliphatic carbocycles. The Hall–Kier alpha value is -2.73. The van der Waals surface area contributed by atoms with Crippen molar-refractivity contribution in [1.82, 2.24) is 0 Å². The van der Waals surface area contributed by atoms with Gasteiger partial charge in [0, 0.05) is 0 Å². The highest BCUT2D eigenvalue weighted by Crippen LogP contribution is 2.26. The average molecular weight is 455 g/mol. The number of amides is 1. The second kappa shape index (κ2) is 8.74. The summed E-state index contributed by atoms with van der Waals surface area (Å²) in [7, 11) is -9.28. The van der Waals surface area contributed by atoms with Gasteiger partial charge in [0.25, 0.3) is 20.2 Å². The molecule has 0 bridgehead atoms. The third-order valence-electron chi connectivity index (χ3n) is 3.63. The standard InChI is InChI=1S/C17H14N2O7S3/c18-17(20)8-11-1-2-12(15(7-11)28(21,22)23)3-4-13-5-6-14(19-10-27)9-16(13)29(24,25)26/h1-7,9H,8H2,(H2,18,20)(H,21,22,23)(H,24,25,26). The summed E-state index contributed by atoms with van der Waals surface area (Å²) >= 11 is 4.45. The Balaban J connectivity index is 2.59. The Bertz CT molecular complexity index is 1260. The van der Waals surface area contributed by atoms with Crippen LogP contribution in [-0.4, -0.2) is 37.0 Å². The molecule has 9 nitrogen and oxygen atoms in total. The van der Waals surface area contributed by atoms with Crippen molar-refractivity contribution in [3.8, 4) is 0 Å². The molecule has 0 aromatic heterocycles. The van der Waals surface area contributed by atoms with Crippen molar-refractivity contribution in [2.45, 2.75) is 16.2 Å². The SMILES string of the molecule is NC(=O)Cc1ccc(C=Cc2ccc(N=C=S)cc2S(=O)(=O)O)c(S(=O)(=O)O)c1. The third kappa shape index (κ3) is 6.12. The molecule has 152 valence electrons. The van der Waals surface area contributed by atoms with Gasteiger partial charge in [-0.1, -0.05) is 30.4 Å². The highest BCUT2D eigenvalue weighted by Gasteiger charge is 2.17. The Morgan fingerprint density at radius 1 is 1.00 bits per heavy atom. The van der Waals surface area contributed by atoms with Gasteiger partial charge in [0.1, 0.15) is 9.79 Å². The lowest BCUT2D eigenvalue weighted by molar-refractivity contribution is -0.117. The van der Waals surface area contributed by atoms with Gasteiger partial charge in [-0.25, -0.2) is 0 Å². The number of thiocarbonyl (C=S) groups is 1. The maximum atomic E-state index is 11.7. The predicted molar refractivity (Wildman–Crippen MR) is 109 cm³/mol. The predicted octanol–water partition coefficient (Wildman–Crippen LogP) is 2.11. The highest BCUT2D eigenvalue weighted by atomic mass is 32.2. The van der Waals surface area contributed by atoms with Gasteiger partial charge >= 0.3 is 0 Å². The molecule has 4 N–H and O–H groups in total. The molecule has 0 aliphatic rings. The van der Waals surface area contributed by atoms with Gasteiger partial charge in [-0.15, -0.1) is 0 Å². The number of carbonyl (C=O) groups excluding carboxylic acids is 1. The number of nitrogens with zero attached hydrogens (tertiary/aromatic N) is 1. The van der Waals surface area contributed by atoms with Crippen molar-refractivity contribution in [3.63, 3.8) is 0 Å². The lowest BCUT2D eigenvalue weighted by Gasteiger charge is -2.07. The Morgan fingerprint density at radius 3 is 2.00 bits per heavy atom. The molecule has 12 heteroatoms. The molecule has 0 atom stereocenters. The van der Waals surface area contributed by atoms with E-state index in [1.165, 1.54) is 36.4 Å². The fourth-order valence-electron chi connectivity index (χ4n) is 2.44. The quantitative estimate of drug-likeness (QED) is 0.248. The first kappa shape index (κ1) is 22.6. The molecule has 1 amide bonds. The summed E-state index contributed by atoms with van der Waals surface area (Å²) in [4.78, 5) is 13.7. The molecule has 29 heavy (non-hydrogen) atoms. The van der Waals surface area contributed by atoms with Gasteiger partial charge in [0.05, 0.1) is 17.3 Å². The van der Waals surface area contributed by atoms with Gasteiger partial charge in [0.15, 0.2) is 0 Å². The van der Waals surface area contributed by atoms with Crippen LogP contribution in [0.25, 0.3) is 12.2 Å². The van der Waals surface area contributed by atoms with Crippen LogP contribution in [0.4, 0.5) is 5.69 Å². The van der Waals surface area contributed by atoms with Crippen LogP contribution in [0.3, 0.4) is 0 Å². The van der Waals surface area contributed by atoms with Crippen molar-refractivity contribution in [2.75, 3.05) is 0 Å². The maximum absolute atomic E-state index is 11.7. The summed E-state index contributed by atoms with van der Waals surface area (Å²) in [6, 6.07) is 7.62. The minimum absolute atomic E-state index is 0.0167. The van der Waals surface area contributed by atoms with Crippen LogP contribution in [0.2, 0.25) is 0 Å². The summed E-state index contributed by atoms with van der Waals surface area (Å²) in [6.07, 6.45) is 2.22. The average Bonchev–Trinajstić information content (AvgIpc) is 2.59. The zero-order valence-electron chi connectivity index (χ0n) is 14.5. The molecular formula is C17H14N2O7S3. The largest absolute Gasteiger partial charge is 0.369 e. The van der Waals surface area contributed by atoms with Gasteiger partial charge in [-0.2, -0.15) is 21.8 Å². The summed E-state index contributed by atoms with van der Waals surface area (Å²) < 4.78 is 65.6. The Kier molecular flexibility index (Phi) is 6.80. The second-order valence-corrected chi connectivity index (χ2v) is 8.69. The van der Waals surface area contributed by atoms with E-state index in [2.05, 4.69) is 22.4 Å². The van der Waals surface area contributed by atoms with Gasteiger partial charge < -0.3 is 5.73 Å². The number of isothiocyanates is 1. The van der Waals surface area contributed by atoms with E-state index < -0.39 is 35.9 Å². The van der Waals surface area contributed by atoms with Crippen LogP contribution in [0.1, 0.15) is 16.7 Å². The van der Waals surface area contributed by atoms with E-state index in [1.54, 1.807) is 0 Å². The molecule has 0 aliphatic heterocycles. The monoisotopic (exact) mass is 454 g/mol. The van der Waals surface area contributed by atoms with Gasteiger partial charge in [-0.3, -0.25) is 13.9 Å². The molecule has 2 rings (SSSR count). The lowest BCUT2D eigenvalue weighted by atomic mass is 10.1. The van der Waals surface area contributed by atoms with E-state index in [1.807, 2.05) is 0 Å². The maximum Gasteiger partial charge on any atom is 0.295 e. The molecule has 2 aromatic carbocycles. The summed E-state index contributed by atoms with van der Waals surface area (Å²) in [5.74, 6) is -0.688. The summed E-state index contributed by atoms with van der Waals surface area (Å²) in [5, 5.41) is 2.07. The number of rotatable bonds is 7. The topological polar surface area (TPSA) is 164 Å². The van der Waals surface area contributed by atoms with E-state index >= 15 is 0 Å². The first-order valence-electron chi connectivity index (χ1n) is 7.68. The smallest absolute Gasteiger partial charge is 0.295 e. The number of hydrogen-bond acceptors (Lipinski definition) is 7. The van der Waals surface area contributed by atoms with E-state index in [0.717, 1.165) is 12.1 Å². The Labute approximate surface area is 172 Å². The number of primary amides is 1. The molecular weight excluding hydrogens is 440 g/mol. The van der Waals surface area contributed by atoms with Gasteiger partial charge in [-0.05, 0) is 47.1 Å². The summed E-state index contributed by atoms with van der Waals surface area (Å²) in [5.41, 5.74) is 5.53. The zero-order chi connectivity index (χ0) is 21.8. The molecule has 0 unspecified atom stereocenters. The molecule has 0 heterocycles. The van der Waals surface area contributed by atoms with Crippen molar-refractivity contribution in [2.24, 2.45) is 10.7 Å². The van der Waals surface area contributed by atoms with Crippen LogP contribution < -0.4 is 5.73 Å². The molecule has 0 saturated heterocycles. The van der Waals surface area contributed by atoms with Crippen molar-refractivity contribution in [1.29, 1.82) is 0 Å². The van der Waals surface area contributed by atoms with Crippen LogP contribution in [0.15, 0.2) is 51.2 Å². The van der Waals surface area contributed by atoms with E-state index in [9.17, 15) is 30.7 Å². The van der Waals surface area contributed by atoms with E-state index in [4.69, 9.17) is 5.73 Å². The van der Waals surface area contributed by atoms with Gasteiger partial charge in [0.2, 0.25) is 5.91 Å². The van der Waals surface area contributed by atoms with Crippen LogP contribution >= 0.6 is 12.2 Å². The normalized spacial score (nSPS) is 11.9. The van der Waals surface area contributed by atoms with Crippen LogP contribution in [0, 0.1) is 0 Å². The summed E-state index contributed by atoms with van der Waals surface area (Å²) in [6.45, 7) is 0. The van der Waals surface area contributed by atoms with Crippen molar-refractivity contribution < 1.29 is 30.7 Å². The zero-order valence-corrected chi connectivity index (χ0v) is 17.0. The van der Waals surface area contributed by atoms with E-state index in [-0.39, 0.29) is 28.8 Å². The van der Waals surface area contributed by atoms with E-state index in [0.29, 0.717) is 0 Å². The number of nitrogens with two attached hydrogens (primary N) is 1. The molecule has 0 saturated carbocycles. The number of carbonyl (C=O) groups is 1. The number of hydrogen-bond donors (Lipinski definition) is 3. The number of benzene rings is 2. The number of aliphatic imine (C=N–C) groups is 1. The first-order valence-corrected chi connectivity index (χ1v) is 11.0. The fraction of sp³-hybridized carbons (Fsp3) is 0.0588.